The van der Waals surface area contributed by atoms with E-state index in [0.29, 0.717) is 40.7 Å². The van der Waals surface area contributed by atoms with Crippen LogP contribution in [0.4, 0.5) is 0 Å². The second-order valence-corrected chi connectivity index (χ2v) is 11.7. The van der Waals surface area contributed by atoms with Gasteiger partial charge in [-0.3, -0.25) is 19.6 Å². The highest BCUT2D eigenvalue weighted by atomic mass is 35.5. The highest BCUT2D eigenvalue weighted by Crippen LogP contribution is 2.29. The molecule has 12 heteroatoms. The van der Waals surface area contributed by atoms with Gasteiger partial charge >= 0.3 is 0 Å². The summed E-state index contributed by atoms with van der Waals surface area (Å²) in [7, 11) is 0. The van der Waals surface area contributed by atoms with Crippen LogP contribution in [0.2, 0.25) is 5.02 Å². The van der Waals surface area contributed by atoms with Crippen molar-refractivity contribution in [2.75, 3.05) is 78.9 Å². The molecule has 0 unspecified atom stereocenters. The molecule has 2 aromatic carbocycles. The number of aliphatic hydroxyl groups is 2. The Morgan fingerprint density at radius 2 is 1.37 bits per heavy atom. The van der Waals surface area contributed by atoms with E-state index < -0.39 is 0 Å². The quantitative estimate of drug-likeness (QED) is 0.195. The summed E-state index contributed by atoms with van der Waals surface area (Å²) in [6, 6.07) is 10.4. The van der Waals surface area contributed by atoms with E-state index in [1.54, 1.807) is 30.6 Å². The Hall–Kier alpha value is -3.29. The number of rotatable bonds is 12. The standard InChI is InChI=1S/C17H21ClN2O3.C17H22N2O4/c18-15-2-3-19-16-11-17(13(12-21)10-14(15)16)23-7-1-4-20-5-8-22-9-6-20;20-12-13-10-14-15(18-3-2-16(14)21)11-17(13)23-7-1-4-19-5-8-22-9-6-19/h2-3,10-11,21H,1,4-9,12H2;2-3,10-11,20H,1,4-9,12H2,(H,18,21). The number of pyridine rings is 2. The van der Waals surface area contributed by atoms with Crippen molar-refractivity contribution in [2.24, 2.45) is 0 Å². The first-order chi connectivity index (χ1) is 22.6. The van der Waals surface area contributed by atoms with Gasteiger partial charge in [0.15, 0.2) is 5.43 Å². The molecular weight excluding hydrogens is 612 g/mol. The Bertz CT molecular complexity index is 1610. The molecule has 4 heterocycles. The van der Waals surface area contributed by atoms with E-state index in [9.17, 15) is 15.0 Å². The topological polar surface area (TPSA) is 130 Å². The van der Waals surface area contributed by atoms with Gasteiger partial charge in [-0.2, -0.15) is 0 Å². The molecule has 0 amide bonds. The van der Waals surface area contributed by atoms with Crippen LogP contribution in [0.5, 0.6) is 11.5 Å². The lowest BCUT2D eigenvalue weighted by Gasteiger charge is -2.26. The number of aromatic nitrogens is 2. The Morgan fingerprint density at radius 1 is 0.804 bits per heavy atom. The predicted octanol–water partition coefficient (Wildman–Crippen LogP) is 3.60. The van der Waals surface area contributed by atoms with Crippen LogP contribution in [-0.4, -0.2) is 109 Å². The summed E-state index contributed by atoms with van der Waals surface area (Å²) in [5, 5.41) is 21.1. The minimum atomic E-state index is -0.150. The average molecular weight is 655 g/mol. The van der Waals surface area contributed by atoms with Crippen molar-refractivity contribution in [3.8, 4) is 11.5 Å². The molecule has 2 saturated heterocycles. The highest BCUT2D eigenvalue weighted by molar-refractivity contribution is 6.35. The fraction of sp³-hybridized carbons (Fsp3) is 0.471. The third-order valence-electron chi connectivity index (χ3n) is 8.11. The van der Waals surface area contributed by atoms with Crippen LogP contribution in [0.3, 0.4) is 0 Å². The molecule has 0 saturated carbocycles. The van der Waals surface area contributed by atoms with E-state index >= 15 is 0 Å². The SMILES string of the molecule is O=c1cc[nH]c2cc(OCCCN3CCOCC3)c(CO)cc12.OCc1cc2c(Cl)ccnc2cc1OCCCN1CCOCC1. The van der Waals surface area contributed by atoms with E-state index in [1.165, 1.54) is 6.07 Å². The van der Waals surface area contributed by atoms with Gasteiger partial charge in [0.25, 0.3) is 0 Å². The number of morpholine rings is 2. The van der Waals surface area contributed by atoms with Crippen molar-refractivity contribution >= 4 is 33.4 Å². The van der Waals surface area contributed by atoms with Crippen LogP contribution in [0.15, 0.2) is 53.6 Å². The van der Waals surface area contributed by atoms with Crippen molar-refractivity contribution in [1.82, 2.24) is 19.8 Å². The molecule has 0 spiro atoms. The maximum Gasteiger partial charge on any atom is 0.189 e. The zero-order chi connectivity index (χ0) is 32.1. The molecule has 0 radical (unpaired) electrons. The Labute approximate surface area is 273 Å². The summed E-state index contributed by atoms with van der Waals surface area (Å²) in [5.74, 6) is 1.31. The number of aliphatic hydroxyl groups excluding tert-OH is 2. The smallest absolute Gasteiger partial charge is 0.189 e. The van der Waals surface area contributed by atoms with Crippen molar-refractivity contribution in [3.05, 3.63) is 75.2 Å². The molecule has 3 N–H and O–H groups in total. The summed E-state index contributed by atoms with van der Waals surface area (Å²) < 4.78 is 22.4. The van der Waals surface area contributed by atoms with E-state index in [4.69, 9.17) is 30.5 Å². The minimum Gasteiger partial charge on any atom is -0.493 e. The molecular formula is C34H43ClN4O7. The minimum absolute atomic E-state index is 0.0627. The van der Waals surface area contributed by atoms with Crippen LogP contribution in [0, 0.1) is 0 Å². The van der Waals surface area contributed by atoms with Gasteiger partial charge in [0, 0.05) is 91.8 Å². The number of nitrogens with one attached hydrogen (secondary N) is 1. The van der Waals surface area contributed by atoms with Gasteiger partial charge < -0.3 is 34.1 Å². The molecule has 2 aliphatic heterocycles. The fourth-order valence-electron chi connectivity index (χ4n) is 5.54. The lowest BCUT2D eigenvalue weighted by atomic mass is 10.1. The number of benzene rings is 2. The normalized spacial score (nSPS) is 15.9. The maximum absolute atomic E-state index is 11.8. The molecule has 248 valence electrons. The van der Waals surface area contributed by atoms with Gasteiger partial charge in [-0.25, -0.2) is 0 Å². The van der Waals surface area contributed by atoms with Crippen LogP contribution >= 0.6 is 11.6 Å². The van der Waals surface area contributed by atoms with Crippen LogP contribution in [0.1, 0.15) is 24.0 Å². The number of hydrogen-bond donors (Lipinski definition) is 3. The number of H-pyrrole nitrogens is 1. The zero-order valence-corrected chi connectivity index (χ0v) is 26.8. The zero-order valence-electron chi connectivity index (χ0n) is 26.1. The average Bonchev–Trinajstić information content (AvgIpc) is 3.09. The molecule has 0 atom stereocenters. The first kappa shape index (κ1) is 34.1. The van der Waals surface area contributed by atoms with E-state index in [2.05, 4.69) is 19.8 Å². The number of nitrogens with zero attached hydrogens (tertiary/aromatic N) is 3. The van der Waals surface area contributed by atoms with Gasteiger partial charge in [0.2, 0.25) is 0 Å². The molecule has 46 heavy (non-hydrogen) atoms. The second-order valence-electron chi connectivity index (χ2n) is 11.2. The molecule has 4 aromatic rings. The molecule has 2 aromatic heterocycles. The molecule has 6 rings (SSSR count). The van der Waals surface area contributed by atoms with Crippen LogP contribution in [0.25, 0.3) is 21.8 Å². The van der Waals surface area contributed by atoms with E-state index in [-0.39, 0.29) is 18.6 Å². The summed E-state index contributed by atoms with van der Waals surface area (Å²) >= 11 is 6.17. The van der Waals surface area contributed by atoms with Gasteiger partial charge in [-0.05, 0) is 31.0 Å². The lowest BCUT2D eigenvalue weighted by Crippen LogP contribution is -2.37. The van der Waals surface area contributed by atoms with Crippen LogP contribution < -0.4 is 14.9 Å². The van der Waals surface area contributed by atoms with Gasteiger partial charge in [0.1, 0.15) is 11.5 Å². The summed E-state index contributed by atoms with van der Waals surface area (Å²) in [6.45, 7) is 10.1. The Balaban J connectivity index is 0.000000181. The summed E-state index contributed by atoms with van der Waals surface area (Å²) in [4.78, 5) is 23.9. The molecule has 2 aliphatic rings. The van der Waals surface area contributed by atoms with Gasteiger partial charge in [0.05, 0.1) is 68.9 Å². The number of hydrogen-bond acceptors (Lipinski definition) is 10. The first-order valence-electron chi connectivity index (χ1n) is 15.8. The maximum atomic E-state index is 11.8. The summed E-state index contributed by atoms with van der Waals surface area (Å²) in [6.07, 6.45) is 5.14. The van der Waals surface area contributed by atoms with Crippen molar-refractivity contribution in [3.63, 3.8) is 0 Å². The number of ether oxygens (including phenoxy) is 4. The Morgan fingerprint density at radius 3 is 1.96 bits per heavy atom. The number of halogens is 1. The predicted molar refractivity (Wildman–Crippen MR) is 178 cm³/mol. The highest BCUT2D eigenvalue weighted by Gasteiger charge is 2.13. The number of aromatic amines is 1. The van der Waals surface area contributed by atoms with E-state index in [0.717, 1.165) is 101 Å². The van der Waals surface area contributed by atoms with Gasteiger partial charge in [-0.1, -0.05) is 11.6 Å². The van der Waals surface area contributed by atoms with Crippen molar-refractivity contribution < 1.29 is 29.2 Å². The van der Waals surface area contributed by atoms with E-state index in [1.807, 2.05) is 12.1 Å². The second kappa shape index (κ2) is 17.6. The van der Waals surface area contributed by atoms with Crippen molar-refractivity contribution in [2.45, 2.75) is 26.1 Å². The van der Waals surface area contributed by atoms with Crippen molar-refractivity contribution in [1.29, 1.82) is 0 Å². The molecule has 0 aliphatic carbocycles. The fourth-order valence-corrected chi connectivity index (χ4v) is 5.74. The monoisotopic (exact) mass is 654 g/mol. The molecule has 0 bridgehead atoms. The lowest BCUT2D eigenvalue weighted by molar-refractivity contribution is 0.0357. The molecule has 11 nitrogen and oxygen atoms in total. The largest absolute Gasteiger partial charge is 0.493 e. The third kappa shape index (κ3) is 9.38. The molecule has 2 fully saturated rings. The number of fused-ring (bicyclic) bond motifs is 2. The third-order valence-corrected chi connectivity index (χ3v) is 8.44. The Kier molecular flexibility index (Phi) is 13.0. The van der Waals surface area contributed by atoms with Crippen LogP contribution in [-0.2, 0) is 22.7 Å². The van der Waals surface area contributed by atoms with Gasteiger partial charge in [-0.15, -0.1) is 0 Å². The summed E-state index contributed by atoms with van der Waals surface area (Å²) in [5.41, 5.74) is 2.81. The first-order valence-corrected chi connectivity index (χ1v) is 16.2.